The summed E-state index contributed by atoms with van der Waals surface area (Å²) in [5.41, 5.74) is 19.2. The summed E-state index contributed by atoms with van der Waals surface area (Å²) < 4.78 is 1.15. The molecule has 4 atom stereocenters. The van der Waals surface area contributed by atoms with Gasteiger partial charge in [-0.15, -0.1) is 0 Å². The van der Waals surface area contributed by atoms with E-state index >= 15 is 0 Å². The molecule has 1 aliphatic heterocycles. The van der Waals surface area contributed by atoms with Crippen LogP contribution in [0.3, 0.4) is 0 Å². The van der Waals surface area contributed by atoms with Gasteiger partial charge in [-0.1, -0.05) is 0 Å². The fourth-order valence-electron chi connectivity index (χ4n) is 11.6. The number of fused-ring (bicyclic) bond motifs is 5. The molecule has 0 fully saturated rings. The Labute approximate surface area is 383 Å². The molecule has 317 valence electrons. The number of benzene rings is 6. The van der Waals surface area contributed by atoms with Gasteiger partial charge >= 0.3 is 386 Å². The monoisotopic (exact) mass is 1040 g/mol. The molecule has 0 saturated heterocycles. The second-order valence-corrected chi connectivity index (χ2v) is 49.8. The molecule has 0 amide bonds. The summed E-state index contributed by atoms with van der Waals surface area (Å²) in [6, 6.07) is 48.7. The van der Waals surface area contributed by atoms with E-state index < -0.39 is 25.7 Å². The van der Waals surface area contributed by atoms with Gasteiger partial charge in [-0.25, -0.2) is 0 Å². The first-order valence-electron chi connectivity index (χ1n) is 23.8. The summed E-state index contributed by atoms with van der Waals surface area (Å²) >= 11 is -5.90. The molecule has 4 unspecified atom stereocenters. The molecular formula is C58H63Cl2HfSi. The third-order valence-electron chi connectivity index (χ3n) is 15.2. The van der Waals surface area contributed by atoms with Crippen molar-refractivity contribution in [2.24, 2.45) is 11.8 Å². The minimum absolute atomic E-state index is 0.0869. The van der Waals surface area contributed by atoms with E-state index in [1.54, 1.807) is 0 Å². The first-order chi connectivity index (χ1) is 30.1. The Bertz CT molecular complexity index is 2590. The van der Waals surface area contributed by atoms with Gasteiger partial charge in [0.15, 0.2) is 0 Å². The van der Waals surface area contributed by atoms with Crippen LogP contribution in [0.15, 0.2) is 139 Å². The first kappa shape index (κ1) is 43.7. The van der Waals surface area contributed by atoms with Gasteiger partial charge in [0, 0.05) is 0 Å². The van der Waals surface area contributed by atoms with Crippen LogP contribution < -0.4 is 13.7 Å². The van der Waals surface area contributed by atoms with Crippen molar-refractivity contribution in [1.29, 1.82) is 0 Å². The molecule has 1 heterocycles. The number of rotatable bonds is 15. The van der Waals surface area contributed by atoms with Crippen LogP contribution in [0.2, 0.25) is 0 Å². The molecule has 62 heavy (non-hydrogen) atoms. The molecule has 0 N–H and O–H groups in total. The molecule has 0 saturated carbocycles. The molecule has 2 aliphatic carbocycles. The van der Waals surface area contributed by atoms with Crippen LogP contribution in [0.4, 0.5) is 0 Å². The molecule has 0 aromatic heterocycles. The van der Waals surface area contributed by atoms with Crippen molar-refractivity contribution in [3.8, 4) is 33.4 Å². The SMILES string of the molecule is CCCCc1ccccc1-c1cccc2c1C=C(C(C)CC)[CH]2[Hf]([Cl])([Cl])([c]1cccc2c1[SiH2]c1ccccc1-2)[CH]1C(C(C)CC)=Cc2c(-c3ccccc3CCCC)cccc21. The van der Waals surface area contributed by atoms with Crippen molar-refractivity contribution in [2.45, 2.75) is 100 Å². The topological polar surface area (TPSA) is 0 Å². The van der Waals surface area contributed by atoms with Crippen LogP contribution in [0, 0.1) is 11.8 Å². The van der Waals surface area contributed by atoms with E-state index in [1.807, 2.05) is 0 Å². The Morgan fingerprint density at radius 2 is 0.935 bits per heavy atom. The Balaban J connectivity index is 1.37. The van der Waals surface area contributed by atoms with Crippen molar-refractivity contribution in [1.82, 2.24) is 0 Å². The van der Waals surface area contributed by atoms with Crippen molar-refractivity contribution in [3.63, 3.8) is 0 Å². The maximum absolute atomic E-state index is 9.53. The number of allylic oxidation sites excluding steroid dienone is 2. The third kappa shape index (κ3) is 7.19. The summed E-state index contributed by atoms with van der Waals surface area (Å²) in [6.07, 6.45) is 14.1. The average molecular weight is 1040 g/mol. The van der Waals surface area contributed by atoms with Crippen LogP contribution >= 0.6 is 17.2 Å². The van der Waals surface area contributed by atoms with Gasteiger partial charge in [0.2, 0.25) is 0 Å². The standard InChI is InChI=1S/2C23H27.C12H9Si.2ClH.Hf/c2*1-4-6-10-18-11-7-8-13-21(18)22-14-9-12-19-15-20(16-23(19)22)17(3)5-2;1-3-7-11-9(5-1)10-6-2-4-8-12(10)13-11;;;/h2*7-9,11-17H,4-6,10H2,1-3H3;1-7H,13H2;2*1H;/q;;;;;+2/p-2. The summed E-state index contributed by atoms with van der Waals surface area (Å²) in [4.78, 5) is 0. The van der Waals surface area contributed by atoms with E-state index in [2.05, 4.69) is 181 Å². The summed E-state index contributed by atoms with van der Waals surface area (Å²) in [5.74, 6) is 0.618. The van der Waals surface area contributed by atoms with Crippen molar-refractivity contribution >= 4 is 52.5 Å². The van der Waals surface area contributed by atoms with Gasteiger partial charge in [-0.3, -0.25) is 0 Å². The van der Waals surface area contributed by atoms with Gasteiger partial charge in [0.05, 0.1) is 0 Å². The maximum atomic E-state index is 9.53. The second kappa shape index (κ2) is 17.8. The predicted molar refractivity (Wildman–Crippen MR) is 272 cm³/mol. The van der Waals surface area contributed by atoms with E-state index in [-0.39, 0.29) is 7.35 Å². The van der Waals surface area contributed by atoms with E-state index in [0.29, 0.717) is 11.8 Å². The van der Waals surface area contributed by atoms with Crippen LogP contribution in [-0.4, -0.2) is 9.52 Å². The molecule has 4 heteroatoms. The van der Waals surface area contributed by atoms with Gasteiger partial charge in [0.1, 0.15) is 0 Å². The quantitative estimate of drug-likeness (QED) is 0.0898. The molecule has 0 bridgehead atoms. The number of hydrogen-bond donors (Lipinski definition) is 0. The van der Waals surface area contributed by atoms with Gasteiger partial charge < -0.3 is 0 Å². The Morgan fingerprint density at radius 1 is 0.500 bits per heavy atom. The third-order valence-corrected chi connectivity index (χ3v) is 46.7. The van der Waals surface area contributed by atoms with E-state index in [4.69, 9.17) is 0 Å². The predicted octanol–water partition coefficient (Wildman–Crippen LogP) is 14.8. The van der Waals surface area contributed by atoms with Crippen molar-refractivity contribution in [2.75, 3.05) is 0 Å². The fourth-order valence-corrected chi connectivity index (χ4v) is 50.8. The molecule has 6 aromatic rings. The molecule has 0 nitrogen and oxygen atoms in total. The van der Waals surface area contributed by atoms with Gasteiger partial charge in [-0.05, 0) is 0 Å². The fraction of sp³-hybridized carbons (Fsp3) is 0.310. The summed E-state index contributed by atoms with van der Waals surface area (Å²) in [6.45, 7) is 14.2. The number of hydrogen-bond acceptors (Lipinski definition) is 0. The molecule has 0 spiro atoms. The van der Waals surface area contributed by atoms with Gasteiger partial charge in [-0.2, -0.15) is 0 Å². The summed E-state index contributed by atoms with van der Waals surface area (Å²) in [5, 5.41) is 3.00. The summed E-state index contributed by atoms with van der Waals surface area (Å²) in [7, 11) is 18.2. The zero-order valence-corrected chi connectivity index (χ0v) is 44.2. The minimum atomic E-state index is -5.90. The van der Waals surface area contributed by atoms with E-state index in [1.165, 1.54) is 117 Å². The zero-order chi connectivity index (χ0) is 43.2. The normalized spacial score (nSPS) is 18.3. The van der Waals surface area contributed by atoms with Crippen molar-refractivity contribution in [3.05, 3.63) is 172 Å². The Kier molecular flexibility index (Phi) is 12.5. The Hall–Kier alpha value is -3.53. The molecule has 6 aromatic carbocycles. The molecule has 0 radical (unpaired) electrons. The van der Waals surface area contributed by atoms with Crippen LogP contribution in [-0.2, 0) is 29.0 Å². The van der Waals surface area contributed by atoms with Crippen LogP contribution in [0.25, 0.3) is 45.5 Å². The van der Waals surface area contributed by atoms with E-state index in [0.717, 1.165) is 25.7 Å². The zero-order valence-electron chi connectivity index (χ0n) is 37.7. The Morgan fingerprint density at radius 3 is 1.44 bits per heavy atom. The number of aryl methyl sites for hydroxylation is 2. The van der Waals surface area contributed by atoms with Crippen LogP contribution in [0.5, 0.6) is 0 Å². The average Bonchev–Trinajstić information content (AvgIpc) is 4.03. The van der Waals surface area contributed by atoms with Gasteiger partial charge in [0.25, 0.3) is 0 Å². The first-order valence-corrected chi connectivity index (χ1v) is 40.0. The number of halogens is 2. The molecule has 3 aliphatic rings. The second-order valence-electron chi connectivity index (χ2n) is 18.7. The van der Waals surface area contributed by atoms with Crippen molar-refractivity contribution < 1.29 is 16.1 Å². The van der Waals surface area contributed by atoms with Crippen LogP contribution in [0.1, 0.15) is 121 Å². The van der Waals surface area contributed by atoms with E-state index in [9.17, 15) is 17.2 Å². The number of unbranched alkanes of at least 4 members (excludes halogenated alkanes) is 2. The molecule has 9 rings (SSSR count). The molecular weight excluding hydrogens is 974 g/mol.